The normalized spacial score (nSPS) is 19.2. The summed E-state index contributed by atoms with van der Waals surface area (Å²) < 4.78 is 5.46. The molecule has 0 saturated carbocycles. The van der Waals surface area contributed by atoms with Crippen LogP contribution in [0.4, 0.5) is 0 Å². The first kappa shape index (κ1) is 15.5. The van der Waals surface area contributed by atoms with Crippen LogP contribution < -0.4 is 0 Å². The largest absolute Gasteiger partial charge is 0.381 e. The Morgan fingerprint density at radius 3 is 2.90 bits per heavy atom. The van der Waals surface area contributed by atoms with Crippen molar-refractivity contribution < 1.29 is 9.53 Å². The molecule has 1 aliphatic heterocycles. The third-order valence-corrected chi connectivity index (χ3v) is 4.43. The maximum Gasteiger partial charge on any atom is 0.228 e. The lowest BCUT2D eigenvalue weighted by Crippen LogP contribution is -2.42. The van der Waals surface area contributed by atoms with Crippen molar-refractivity contribution >= 4 is 17.2 Å². The van der Waals surface area contributed by atoms with Crippen molar-refractivity contribution in [2.75, 3.05) is 40.4 Å². The summed E-state index contributed by atoms with van der Waals surface area (Å²) >= 11 is 1.71. The molecule has 0 spiro atoms. The topological polar surface area (TPSA) is 32.8 Å². The Morgan fingerprint density at radius 2 is 2.30 bits per heavy atom. The molecule has 112 valence electrons. The first-order valence-corrected chi connectivity index (χ1v) is 8.08. The van der Waals surface area contributed by atoms with Crippen LogP contribution in [0.3, 0.4) is 0 Å². The fourth-order valence-corrected chi connectivity index (χ4v) is 3.09. The van der Waals surface area contributed by atoms with Gasteiger partial charge in [-0.1, -0.05) is 6.07 Å². The molecule has 4 nitrogen and oxygen atoms in total. The number of hydrogen-bond acceptors (Lipinski definition) is 4. The van der Waals surface area contributed by atoms with E-state index in [1.807, 2.05) is 25.1 Å². The molecule has 2 heterocycles. The average Bonchev–Trinajstić information content (AvgIpc) is 2.96. The molecule has 1 atom stereocenters. The smallest absolute Gasteiger partial charge is 0.228 e. The van der Waals surface area contributed by atoms with Gasteiger partial charge in [-0.05, 0) is 38.4 Å². The van der Waals surface area contributed by atoms with E-state index in [-0.39, 0.29) is 11.8 Å². The van der Waals surface area contributed by atoms with E-state index in [0.717, 1.165) is 39.1 Å². The fourth-order valence-electron chi connectivity index (χ4n) is 2.37. The number of carbonyl (C=O) groups is 1. The van der Waals surface area contributed by atoms with Crippen LogP contribution in [0.25, 0.3) is 0 Å². The summed E-state index contributed by atoms with van der Waals surface area (Å²) in [5.74, 6) is 0.297. The van der Waals surface area contributed by atoms with Crippen molar-refractivity contribution in [1.82, 2.24) is 9.80 Å². The van der Waals surface area contributed by atoms with Crippen LogP contribution in [0, 0.1) is 5.92 Å². The Morgan fingerprint density at radius 1 is 1.45 bits per heavy atom. The molecule has 1 fully saturated rings. The molecular formula is C15H24N2O2S. The molecule has 0 N–H and O–H groups in total. The SMILES string of the molecule is CN(C)CCN(Cc1cccs1)C(=O)[C@@H]1CCCOC1. The number of amides is 1. The van der Waals surface area contributed by atoms with Gasteiger partial charge in [-0.3, -0.25) is 4.79 Å². The molecule has 5 heteroatoms. The maximum absolute atomic E-state index is 12.7. The quantitative estimate of drug-likeness (QED) is 0.805. The molecule has 0 unspecified atom stereocenters. The van der Waals surface area contributed by atoms with Crippen molar-refractivity contribution in [2.45, 2.75) is 19.4 Å². The molecule has 1 amide bonds. The van der Waals surface area contributed by atoms with Crippen molar-refractivity contribution in [3.8, 4) is 0 Å². The first-order valence-electron chi connectivity index (χ1n) is 7.20. The van der Waals surface area contributed by atoms with Crippen LogP contribution in [0.5, 0.6) is 0 Å². The molecule has 0 aromatic carbocycles. The maximum atomic E-state index is 12.7. The Labute approximate surface area is 125 Å². The summed E-state index contributed by atoms with van der Waals surface area (Å²) in [4.78, 5) is 18.0. The molecule has 1 aromatic heterocycles. The van der Waals surface area contributed by atoms with E-state index in [4.69, 9.17) is 4.74 Å². The second kappa shape index (κ2) is 7.76. The van der Waals surface area contributed by atoms with Gasteiger partial charge in [0.15, 0.2) is 0 Å². The Hall–Kier alpha value is -0.910. The Kier molecular flexibility index (Phi) is 6.01. The molecule has 2 rings (SSSR count). The van der Waals surface area contributed by atoms with Crippen LogP contribution in [-0.4, -0.2) is 56.1 Å². The Balaban J connectivity index is 1.98. The highest BCUT2D eigenvalue weighted by molar-refractivity contribution is 7.09. The molecule has 1 saturated heterocycles. The standard InChI is InChI=1S/C15H24N2O2S/c1-16(2)7-8-17(11-14-6-4-10-20-14)15(18)13-5-3-9-19-12-13/h4,6,10,13H,3,5,7-9,11-12H2,1-2H3/t13-/m1/s1. The number of thiophene rings is 1. The predicted octanol–water partition coefficient (Wildman–Crippen LogP) is 2.06. The highest BCUT2D eigenvalue weighted by Gasteiger charge is 2.26. The minimum Gasteiger partial charge on any atom is -0.381 e. The van der Waals surface area contributed by atoms with Crippen LogP contribution in [0.15, 0.2) is 17.5 Å². The second-order valence-corrected chi connectivity index (χ2v) is 6.59. The zero-order valence-electron chi connectivity index (χ0n) is 12.4. The summed E-state index contributed by atoms with van der Waals surface area (Å²) in [6.07, 6.45) is 1.96. The van der Waals surface area contributed by atoms with Crippen LogP contribution >= 0.6 is 11.3 Å². The van der Waals surface area contributed by atoms with Crippen LogP contribution in [-0.2, 0) is 16.1 Å². The monoisotopic (exact) mass is 296 g/mol. The molecule has 0 aliphatic carbocycles. The lowest BCUT2D eigenvalue weighted by Gasteiger charge is -2.30. The average molecular weight is 296 g/mol. The third-order valence-electron chi connectivity index (χ3n) is 3.57. The lowest BCUT2D eigenvalue weighted by molar-refractivity contribution is -0.140. The number of hydrogen-bond donors (Lipinski definition) is 0. The van der Waals surface area contributed by atoms with Gasteiger partial charge in [0, 0.05) is 24.6 Å². The van der Waals surface area contributed by atoms with Gasteiger partial charge in [0.2, 0.25) is 5.91 Å². The van der Waals surface area contributed by atoms with Gasteiger partial charge in [0.1, 0.15) is 0 Å². The summed E-state index contributed by atoms with van der Waals surface area (Å²) in [7, 11) is 4.08. The Bertz CT molecular complexity index is 400. The molecule has 1 aliphatic rings. The van der Waals surface area contributed by atoms with E-state index in [0.29, 0.717) is 6.61 Å². The first-order chi connectivity index (χ1) is 9.66. The summed E-state index contributed by atoms with van der Waals surface area (Å²) in [5, 5.41) is 2.06. The number of ether oxygens (including phenoxy) is 1. The van der Waals surface area contributed by atoms with Gasteiger partial charge in [-0.2, -0.15) is 0 Å². The summed E-state index contributed by atoms with van der Waals surface area (Å²) in [5.41, 5.74) is 0. The van der Waals surface area contributed by atoms with Crippen LogP contribution in [0.1, 0.15) is 17.7 Å². The summed E-state index contributed by atoms with van der Waals surface area (Å²) in [6.45, 7) is 3.78. The van der Waals surface area contributed by atoms with Crippen molar-refractivity contribution in [2.24, 2.45) is 5.92 Å². The lowest BCUT2D eigenvalue weighted by atomic mass is 10.0. The fraction of sp³-hybridized carbons (Fsp3) is 0.667. The van der Waals surface area contributed by atoms with Gasteiger partial charge in [-0.25, -0.2) is 0 Å². The molecule has 20 heavy (non-hydrogen) atoms. The van der Waals surface area contributed by atoms with Crippen molar-refractivity contribution in [3.05, 3.63) is 22.4 Å². The van der Waals surface area contributed by atoms with Gasteiger partial charge in [-0.15, -0.1) is 11.3 Å². The third kappa shape index (κ3) is 4.58. The number of rotatable bonds is 6. The molecule has 0 bridgehead atoms. The minimum absolute atomic E-state index is 0.0471. The van der Waals surface area contributed by atoms with E-state index in [9.17, 15) is 4.79 Å². The highest BCUT2D eigenvalue weighted by atomic mass is 32.1. The second-order valence-electron chi connectivity index (χ2n) is 5.56. The highest BCUT2D eigenvalue weighted by Crippen LogP contribution is 2.19. The van der Waals surface area contributed by atoms with Gasteiger partial charge >= 0.3 is 0 Å². The van der Waals surface area contributed by atoms with Crippen LogP contribution in [0.2, 0.25) is 0 Å². The molecule has 1 aromatic rings. The van der Waals surface area contributed by atoms with E-state index in [2.05, 4.69) is 16.3 Å². The van der Waals surface area contributed by atoms with E-state index < -0.39 is 0 Å². The van der Waals surface area contributed by atoms with E-state index in [1.165, 1.54) is 4.88 Å². The van der Waals surface area contributed by atoms with Crippen molar-refractivity contribution in [3.63, 3.8) is 0 Å². The molecule has 0 radical (unpaired) electrons. The van der Waals surface area contributed by atoms with Gasteiger partial charge in [0.05, 0.1) is 19.1 Å². The number of carbonyl (C=O) groups excluding carboxylic acids is 1. The van der Waals surface area contributed by atoms with E-state index in [1.54, 1.807) is 11.3 Å². The van der Waals surface area contributed by atoms with Gasteiger partial charge in [0.25, 0.3) is 0 Å². The predicted molar refractivity (Wildman–Crippen MR) is 81.8 cm³/mol. The van der Waals surface area contributed by atoms with Crippen molar-refractivity contribution in [1.29, 1.82) is 0 Å². The number of nitrogens with zero attached hydrogens (tertiary/aromatic N) is 2. The van der Waals surface area contributed by atoms with E-state index >= 15 is 0 Å². The zero-order chi connectivity index (χ0) is 14.4. The minimum atomic E-state index is 0.0471. The molecular weight excluding hydrogens is 272 g/mol. The van der Waals surface area contributed by atoms with Gasteiger partial charge < -0.3 is 14.5 Å². The number of likely N-dealkylation sites (N-methyl/N-ethyl adjacent to an activating group) is 1. The zero-order valence-corrected chi connectivity index (χ0v) is 13.2. The summed E-state index contributed by atoms with van der Waals surface area (Å²) in [6, 6.07) is 4.14.